The second kappa shape index (κ2) is 9.08. The average molecular weight is 456 g/mol. The molecule has 32 heavy (non-hydrogen) atoms. The van der Waals surface area contributed by atoms with Crippen molar-refractivity contribution < 1.29 is 9.90 Å². The number of H-pyrrole nitrogens is 1. The molecule has 0 radical (unpaired) electrons. The van der Waals surface area contributed by atoms with E-state index in [9.17, 15) is 9.90 Å². The van der Waals surface area contributed by atoms with E-state index in [1.807, 2.05) is 36.1 Å². The normalized spacial score (nSPS) is 16.3. The van der Waals surface area contributed by atoms with E-state index in [2.05, 4.69) is 34.3 Å². The summed E-state index contributed by atoms with van der Waals surface area (Å²) in [5.74, 6) is 0.261. The van der Waals surface area contributed by atoms with E-state index >= 15 is 0 Å². The molecule has 0 unspecified atom stereocenters. The molecule has 1 aliphatic rings. The minimum absolute atomic E-state index is 0.0711. The van der Waals surface area contributed by atoms with Crippen molar-refractivity contribution in [3.63, 3.8) is 0 Å². The summed E-state index contributed by atoms with van der Waals surface area (Å²) >= 11 is 6.29. The Morgan fingerprint density at radius 1 is 1.31 bits per heavy atom. The number of likely N-dealkylation sites (tertiary alicyclic amines) is 1. The highest BCUT2D eigenvalue weighted by Gasteiger charge is 2.40. The lowest BCUT2D eigenvalue weighted by Crippen LogP contribution is -2.47. The van der Waals surface area contributed by atoms with Gasteiger partial charge in [-0.3, -0.25) is 10.1 Å². The van der Waals surface area contributed by atoms with Crippen LogP contribution in [0.3, 0.4) is 0 Å². The number of hydrogen-bond donors (Lipinski definition) is 3. The third-order valence-electron chi connectivity index (χ3n) is 6.77. The Balaban J connectivity index is 1.37. The third kappa shape index (κ3) is 4.59. The molecule has 2 amide bonds. The quantitative estimate of drug-likeness (QED) is 0.524. The summed E-state index contributed by atoms with van der Waals surface area (Å²) in [7, 11) is 0. The summed E-state index contributed by atoms with van der Waals surface area (Å²) in [5.41, 5.74) is 3.13. The molecule has 0 aliphatic carbocycles. The Labute approximate surface area is 193 Å². The van der Waals surface area contributed by atoms with Gasteiger partial charge in [0.15, 0.2) is 0 Å². The van der Waals surface area contributed by atoms with Gasteiger partial charge in [0, 0.05) is 35.3 Å². The van der Waals surface area contributed by atoms with E-state index in [4.69, 9.17) is 11.6 Å². The van der Waals surface area contributed by atoms with Crippen molar-refractivity contribution in [1.82, 2.24) is 25.4 Å². The molecule has 8 heteroatoms. The molecule has 3 N–H and O–H groups in total. The Morgan fingerprint density at radius 3 is 2.75 bits per heavy atom. The summed E-state index contributed by atoms with van der Waals surface area (Å²) in [6.45, 7) is 7.89. The first-order valence-electron chi connectivity index (χ1n) is 11.0. The number of aliphatic hydroxyl groups is 1. The molecule has 1 atom stereocenters. The van der Waals surface area contributed by atoms with Crippen LogP contribution < -0.4 is 5.32 Å². The molecular weight excluding hydrogens is 426 g/mol. The van der Waals surface area contributed by atoms with Crippen LogP contribution in [0.15, 0.2) is 36.7 Å². The molecule has 3 heterocycles. The molecule has 1 aromatic carbocycles. The molecule has 1 saturated heterocycles. The summed E-state index contributed by atoms with van der Waals surface area (Å²) in [4.78, 5) is 18.8. The molecule has 1 fully saturated rings. The highest BCUT2D eigenvalue weighted by Crippen LogP contribution is 2.46. The van der Waals surface area contributed by atoms with Crippen molar-refractivity contribution in [2.45, 2.75) is 46.3 Å². The smallest absolute Gasteiger partial charge is 0.317 e. The van der Waals surface area contributed by atoms with Gasteiger partial charge in [0.05, 0.1) is 30.1 Å². The Hall–Kier alpha value is -2.64. The van der Waals surface area contributed by atoms with E-state index in [1.54, 1.807) is 12.4 Å². The molecule has 170 valence electrons. The minimum Gasteiger partial charge on any atom is -0.388 e. The van der Waals surface area contributed by atoms with Crippen LogP contribution in [0, 0.1) is 18.3 Å². The van der Waals surface area contributed by atoms with Crippen molar-refractivity contribution >= 4 is 28.5 Å². The first-order chi connectivity index (χ1) is 15.3. The fourth-order valence-corrected chi connectivity index (χ4v) is 4.83. The molecule has 0 spiro atoms. The van der Waals surface area contributed by atoms with Crippen LogP contribution in [0.25, 0.3) is 10.9 Å². The number of rotatable bonds is 5. The van der Waals surface area contributed by atoms with Gasteiger partial charge < -0.3 is 15.3 Å². The summed E-state index contributed by atoms with van der Waals surface area (Å²) in [5, 5.41) is 22.9. The number of hydrogen-bond acceptors (Lipinski definition) is 4. The van der Waals surface area contributed by atoms with E-state index in [-0.39, 0.29) is 11.9 Å². The zero-order chi connectivity index (χ0) is 22.9. The van der Waals surface area contributed by atoms with Gasteiger partial charge in [-0.1, -0.05) is 31.5 Å². The number of aryl methyl sites for hydroxylation is 1. The lowest BCUT2D eigenvalue weighted by atomic mass is 9.68. The zero-order valence-corrected chi connectivity index (χ0v) is 19.5. The largest absolute Gasteiger partial charge is 0.388 e. The number of amides is 2. The third-order valence-corrected chi connectivity index (χ3v) is 6.99. The first kappa shape index (κ1) is 22.6. The van der Waals surface area contributed by atoms with Crippen molar-refractivity contribution in [2.75, 3.05) is 13.1 Å². The summed E-state index contributed by atoms with van der Waals surface area (Å²) < 4.78 is 0. The van der Waals surface area contributed by atoms with Crippen molar-refractivity contribution in [3.05, 3.63) is 58.5 Å². The van der Waals surface area contributed by atoms with E-state index in [1.165, 1.54) is 0 Å². The van der Waals surface area contributed by atoms with Crippen LogP contribution in [0.2, 0.25) is 5.02 Å². The maximum atomic E-state index is 12.6. The number of carbonyl (C=O) groups excluding carboxylic acids is 1. The number of nitrogens with zero attached hydrogens (tertiary/aromatic N) is 3. The zero-order valence-electron chi connectivity index (χ0n) is 18.7. The maximum Gasteiger partial charge on any atom is 0.317 e. The highest BCUT2D eigenvalue weighted by molar-refractivity contribution is 6.31. The van der Waals surface area contributed by atoms with Crippen molar-refractivity contribution in [2.24, 2.45) is 11.3 Å². The van der Waals surface area contributed by atoms with E-state index < -0.39 is 11.5 Å². The van der Waals surface area contributed by atoms with Gasteiger partial charge in [0.2, 0.25) is 0 Å². The van der Waals surface area contributed by atoms with Crippen molar-refractivity contribution in [1.29, 1.82) is 0 Å². The van der Waals surface area contributed by atoms with Crippen LogP contribution >= 0.6 is 11.6 Å². The topological polar surface area (TPSA) is 94.1 Å². The second-order valence-corrected chi connectivity index (χ2v) is 9.74. The van der Waals surface area contributed by atoms with Gasteiger partial charge in [-0.2, -0.15) is 5.10 Å². The second-order valence-electron chi connectivity index (χ2n) is 9.30. The number of pyridine rings is 1. The van der Waals surface area contributed by atoms with Crippen LogP contribution in [0.4, 0.5) is 4.79 Å². The molecule has 2 aromatic heterocycles. The number of piperidine rings is 1. The lowest BCUT2D eigenvalue weighted by Gasteiger charge is -2.43. The van der Waals surface area contributed by atoms with Crippen LogP contribution in [0.5, 0.6) is 0 Å². The van der Waals surface area contributed by atoms with Crippen molar-refractivity contribution in [3.8, 4) is 0 Å². The molecule has 0 bridgehead atoms. The number of aromatic amines is 1. The number of benzene rings is 1. The van der Waals surface area contributed by atoms with Gasteiger partial charge in [-0.25, -0.2) is 4.79 Å². The fraction of sp³-hybridized carbons (Fsp3) is 0.458. The number of aliphatic hydroxyl groups excluding tert-OH is 1. The van der Waals surface area contributed by atoms with Gasteiger partial charge in [-0.15, -0.1) is 0 Å². The molecule has 1 aliphatic heterocycles. The average Bonchev–Trinajstić information content (AvgIpc) is 3.26. The SMILES string of the molecule is Cc1ccc(CNC(=O)N2CCC(C(C)(C)[C@H](O)c3cc(Cl)cc4cn[nH]c34)CC2)nc1. The van der Waals surface area contributed by atoms with Gasteiger partial charge in [0.1, 0.15) is 0 Å². The maximum absolute atomic E-state index is 12.6. The Morgan fingerprint density at radius 2 is 2.06 bits per heavy atom. The molecule has 7 nitrogen and oxygen atoms in total. The predicted octanol–water partition coefficient (Wildman–Crippen LogP) is 4.60. The van der Waals surface area contributed by atoms with E-state index in [0.29, 0.717) is 24.7 Å². The number of fused-ring (bicyclic) bond motifs is 1. The standard InChI is InChI=1S/C24H30ClN5O2/c1-15-4-5-19(26-12-15)14-27-23(32)30-8-6-17(7-9-30)24(2,3)22(31)20-11-18(25)10-16-13-28-29-21(16)20/h4-5,10-13,17,22,31H,6-9,14H2,1-3H3,(H,27,32)(H,28,29)/t22-/m1/s1. The molecule has 3 aromatic rings. The summed E-state index contributed by atoms with van der Waals surface area (Å²) in [6, 6.07) is 7.50. The lowest BCUT2D eigenvalue weighted by molar-refractivity contribution is -0.0143. The Bertz CT molecular complexity index is 1090. The number of aromatic nitrogens is 3. The van der Waals surface area contributed by atoms with Gasteiger partial charge in [0.25, 0.3) is 0 Å². The Kier molecular flexibility index (Phi) is 6.40. The monoisotopic (exact) mass is 455 g/mol. The summed E-state index contributed by atoms with van der Waals surface area (Å²) in [6.07, 6.45) is 4.47. The number of halogens is 1. The number of carbonyl (C=O) groups is 1. The molecule has 4 rings (SSSR count). The molecular formula is C24H30ClN5O2. The highest BCUT2D eigenvalue weighted by atomic mass is 35.5. The van der Waals surface area contributed by atoms with E-state index in [0.717, 1.165) is 40.6 Å². The van der Waals surface area contributed by atoms with Crippen LogP contribution in [-0.4, -0.2) is 44.3 Å². The number of urea groups is 1. The molecule has 0 saturated carbocycles. The number of nitrogens with one attached hydrogen (secondary N) is 2. The van der Waals surface area contributed by atoms with Crippen LogP contribution in [0.1, 0.15) is 49.6 Å². The fourth-order valence-electron chi connectivity index (χ4n) is 4.59. The minimum atomic E-state index is -0.706. The van der Waals surface area contributed by atoms with Gasteiger partial charge >= 0.3 is 6.03 Å². The first-order valence-corrected chi connectivity index (χ1v) is 11.4. The van der Waals surface area contributed by atoms with Crippen LogP contribution in [-0.2, 0) is 6.54 Å². The van der Waals surface area contributed by atoms with Gasteiger partial charge in [-0.05, 0) is 54.9 Å². The predicted molar refractivity (Wildman–Crippen MR) is 125 cm³/mol.